The minimum absolute atomic E-state index is 0.114. The predicted molar refractivity (Wildman–Crippen MR) is 98.8 cm³/mol. The van der Waals surface area contributed by atoms with Gasteiger partial charge in [-0.2, -0.15) is 0 Å². The molecule has 3 aromatic rings. The van der Waals surface area contributed by atoms with Crippen molar-refractivity contribution >= 4 is 29.0 Å². The first-order valence-electron chi connectivity index (χ1n) is 8.10. The molecule has 0 aliphatic heterocycles. The summed E-state index contributed by atoms with van der Waals surface area (Å²) < 4.78 is 4.85. The zero-order valence-electron chi connectivity index (χ0n) is 14.2. The summed E-state index contributed by atoms with van der Waals surface area (Å²) >= 11 is 1.55. The molecule has 2 amide bonds. The number of thiazole rings is 1. The van der Waals surface area contributed by atoms with E-state index in [0.29, 0.717) is 18.0 Å². The highest BCUT2D eigenvalue weighted by atomic mass is 32.1. The molecule has 0 unspecified atom stereocenters. The van der Waals surface area contributed by atoms with Gasteiger partial charge in [-0.05, 0) is 13.3 Å². The second kappa shape index (κ2) is 8.39. The smallest absolute Gasteiger partial charge is 0.245 e. The third kappa shape index (κ3) is 5.00. The van der Waals surface area contributed by atoms with Crippen LogP contribution in [0.2, 0.25) is 0 Å². The van der Waals surface area contributed by atoms with Crippen molar-refractivity contribution in [2.75, 3.05) is 11.9 Å². The van der Waals surface area contributed by atoms with Crippen LogP contribution in [0, 0.1) is 6.92 Å². The van der Waals surface area contributed by atoms with Gasteiger partial charge < -0.3 is 15.2 Å². The molecule has 0 spiro atoms. The van der Waals surface area contributed by atoms with Gasteiger partial charge >= 0.3 is 0 Å². The lowest BCUT2D eigenvalue weighted by Gasteiger charge is -2.04. The first kappa shape index (κ1) is 17.8. The van der Waals surface area contributed by atoms with Crippen LogP contribution in [0.3, 0.4) is 0 Å². The number of benzene rings is 1. The molecular weight excluding hydrogens is 352 g/mol. The van der Waals surface area contributed by atoms with Crippen molar-refractivity contribution < 1.29 is 14.1 Å². The van der Waals surface area contributed by atoms with Crippen LogP contribution in [-0.4, -0.2) is 28.5 Å². The summed E-state index contributed by atoms with van der Waals surface area (Å²) in [7, 11) is 0. The molecule has 0 radical (unpaired) electrons. The molecule has 2 heterocycles. The molecule has 0 fully saturated rings. The fraction of sp³-hybridized carbons (Fsp3) is 0.222. The van der Waals surface area contributed by atoms with E-state index in [0.717, 1.165) is 16.3 Å². The zero-order chi connectivity index (χ0) is 18.4. The Morgan fingerprint density at radius 3 is 2.73 bits per heavy atom. The summed E-state index contributed by atoms with van der Waals surface area (Å²) in [6.45, 7) is 1.61. The maximum absolute atomic E-state index is 11.9. The minimum atomic E-state index is -0.355. The molecule has 0 bridgehead atoms. The normalized spacial score (nSPS) is 10.5. The summed E-state index contributed by atoms with van der Waals surface area (Å²) in [5, 5.41) is 11.7. The number of carbonyl (C=O) groups is 2. The molecule has 0 atom stereocenters. The van der Waals surface area contributed by atoms with Crippen molar-refractivity contribution in [1.82, 2.24) is 15.5 Å². The molecule has 2 aromatic heterocycles. The van der Waals surface area contributed by atoms with Crippen LogP contribution in [-0.2, 0) is 16.0 Å². The van der Waals surface area contributed by atoms with Crippen LogP contribution >= 0.6 is 11.3 Å². The Hall–Kier alpha value is -3.00. The average molecular weight is 370 g/mol. The molecule has 26 heavy (non-hydrogen) atoms. The molecule has 8 heteroatoms. The number of nitrogens with one attached hydrogen (secondary N) is 2. The second-order valence-electron chi connectivity index (χ2n) is 5.66. The number of hydrogen-bond donors (Lipinski definition) is 2. The van der Waals surface area contributed by atoms with Crippen molar-refractivity contribution in [2.45, 2.75) is 19.8 Å². The van der Waals surface area contributed by atoms with Crippen LogP contribution in [0.25, 0.3) is 10.6 Å². The number of hydrogen-bond acceptors (Lipinski definition) is 6. The van der Waals surface area contributed by atoms with E-state index in [2.05, 4.69) is 20.8 Å². The highest BCUT2D eigenvalue weighted by molar-refractivity contribution is 7.13. The summed E-state index contributed by atoms with van der Waals surface area (Å²) in [5.74, 6) is 0.373. The first-order chi connectivity index (χ1) is 12.6. The van der Waals surface area contributed by atoms with E-state index >= 15 is 0 Å². The molecule has 0 aliphatic carbocycles. The Morgan fingerprint density at radius 1 is 1.19 bits per heavy atom. The summed E-state index contributed by atoms with van der Waals surface area (Å²) in [4.78, 5) is 28.2. The number of nitrogens with zero attached hydrogens (tertiary/aromatic N) is 2. The molecule has 0 saturated carbocycles. The molecule has 0 saturated heterocycles. The average Bonchev–Trinajstić information content (AvgIpc) is 3.28. The lowest BCUT2D eigenvalue weighted by atomic mass is 10.2. The topological polar surface area (TPSA) is 97.1 Å². The van der Waals surface area contributed by atoms with Crippen LogP contribution in [0.15, 0.2) is 46.3 Å². The molecule has 0 aliphatic rings. The van der Waals surface area contributed by atoms with Crippen LogP contribution < -0.4 is 10.6 Å². The Morgan fingerprint density at radius 2 is 2.00 bits per heavy atom. The number of aryl methyl sites for hydroxylation is 2. The molecule has 134 valence electrons. The van der Waals surface area contributed by atoms with Crippen molar-refractivity contribution in [3.63, 3.8) is 0 Å². The molecule has 3 rings (SSSR count). The van der Waals surface area contributed by atoms with Gasteiger partial charge in [0.2, 0.25) is 11.8 Å². The van der Waals surface area contributed by atoms with Gasteiger partial charge in [0.05, 0.1) is 12.2 Å². The molecule has 7 nitrogen and oxygen atoms in total. The predicted octanol–water partition coefficient (Wildman–Crippen LogP) is 2.79. The van der Waals surface area contributed by atoms with E-state index in [1.165, 1.54) is 0 Å². The monoisotopic (exact) mass is 370 g/mol. The highest BCUT2D eigenvalue weighted by Gasteiger charge is 2.10. The van der Waals surface area contributed by atoms with E-state index in [1.54, 1.807) is 24.3 Å². The maximum atomic E-state index is 11.9. The number of rotatable bonds is 7. The van der Waals surface area contributed by atoms with E-state index < -0.39 is 0 Å². The number of amides is 2. The van der Waals surface area contributed by atoms with Gasteiger partial charge in [0.15, 0.2) is 5.82 Å². The van der Waals surface area contributed by atoms with E-state index in [-0.39, 0.29) is 24.8 Å². The van der Waals surface area contributed by atoms with Crippen LogP contribution in [0.4, 0.5) is 5.82 Å². The lowest BCUT2D eigenvalue weighted by Crippen LogP contribution is -2.33. The van der Waals surface area contributed by atoms with Crippen molar-refractivity contribution in [2.24, 2.45) is 0 Å². The summed E-state index contributed by atoms with van der Waals surface area (Å²) in [6.07, 6.45) is 0.799. The first-order valence-corrected chi connectivity index (χ1v) is 8.98. The molecular formula is C18H18N4O3S. The number of carbonyl (C=O) groups excluding carboxylic acids is 2. The highest BCUT2D eigenvalue weighted by Crippen LogP contribution is 2.23. The van der Waals surface area contributed by atoms with E-state index in [1.807, 2.05) is 35.7 Å². The van der Waals surface area contributed by atoms with Gasteiger partial charge in [-0.1, -0.05) is 35.5 Å². The largest absolute Gasteiger partial charge is 0.360 e. The third-order valence-electron chi connectivity index (χ3n) is 3.52. The lowest BCUT2D eigenvalue weighted by molar-refractivity contribution is -0.124. The van der Waals surface area contributed by atoms with E-state index in [9.17, 15) is 9.59 Å². The molecule has 2 N–H and O–H groups in total. The maximum Gasteiger partial charge on any atom is 0.245 e. The van der Waals surface area contributed by atoms with Crippen molar-refractivity contribution in [3.8, 4) is 10.6 Å². The number of anilines is 1. The Bertz CT molecular complexity index is 889. The zero-order valence-corrected chi connectivity index (χ0v) is 15.0. The second-order valence-corrected chi connectivity index (χ2v) is 6.52. The van der Waals surface area contributed by atoms with Gasteiger partial charge in [-0.3, -0.25) is 9.59 Å². The standard InChI is InChI=1S/C18H18N4O3S/c1-12-9-15(22-25-12)21-17(24)10-19-16(23)8-7-14-11-26-18(20-14)13-5-3-2-4-6-13/h2-6,9,11H,7-8,10H2,1H3,(H,19,23)(H,21,22,24). The van der Waals surface area contributed by atoms with Gasteiger partial charge in [0.1, 0.15) is 10.8 Å². The molecule has 1 aromatic carbocycles. The van der Waals surface area contributed by atoms with Gasteiger partial charge in [0, 0.05) is 23.4 Å². The van der Waals surface area contributed by atoms with Gasteiger partial charge in [-0.25, -0.2) is 4.98 Å². The summed E-state index contributed by atoms with van der Waals surface area (Å²) in [6, 6.07) is 11.5. The van der Waals surface area contributed by atoms with Crippen molar-refractivity contribution in [3.05, 3.63) is 53.2 Å². The Balaban J connectivity index is 1.41. The van der Waals surface area contributed by atoms with Crippen LogP contribution in [0.5, 0.6) is 0 Å². The SMILES string of the molecule is Cc1cc(NC(=O)CNC(=O)CCc2csc(-c3ccccc3)n2)no1. The van der Waals surface area contributed by atoms with Crippen molar-refractivity contribution in [1.29, 1.82) is 0 Å². The van der Waals surface area contributed by atoms with Crippen LogP contribution in [0.1, 0.15) is 17.9 Å². The van der Waals surface area contributed by atoms with Gasteiger partial charge in [0.25, 0.3) is 0 Å². The van der Waals surface area contributed by atoms with Gasteiger partial charge in [-0.15, -0.1) is 11.3 Å². The number of aromatic nitrogens is 2. The minimum Gasteiger partial charge on any atom is -0.360 e. The fourth-order valence-electron chi connectivity index (χ4n) is 2.26. The quantitative estimate of drug-likeness (QED) is 0.666. The fourth-order valence-corrected chi connectivity index (χ4v) is 3.12. The summed E-state index contributed by atoms with van der Waals surface area (Å²) in [5.41, 5.74) is 1.93. The Kier molecular flexibility index (Phi) is 5.75. The third-order valence-corrected chi connectivity index (χ3v) is 4.46. The van der Waals surface area contributed by atoms with E-state index in [4.69, 9.17) is 4.52 Å². The Labute approximate surface area is 154 Å².